The molecule has 1 aromatic carbocycles. The van der Waals surface area contributed by atoms with Crippen molar-refractivity contribution < 1.29 is 14.3 Å². The molecule has 1 aromatic rings. The van der Waals surface area contributed by atoms with Crippen LogP contribution in [0.4, 0.5) is 5.69 Å². The van der Waals surface area contributed by atoms with E-state index in [9.17, 15) is 4.79 Å². The highest BCUT2D eigenvalue weighted by atomic mass is 16.5. The summed E-state index contributed by atoms with van der Waals surface area (Å²) in [6, 6.07) is 8.47. The first-order valence-corrected chi connectivity index (χ1v) is 12.6. The lowest BCUT2D eigenvalue weighted by Gasteiger charge is -2.33. The topological polar surface area (TPSA) is 50.8 Å². The third-order valence-electron chi connectivity index (χ3n) is 6.82. The zero-order valence-electron chi connectivity index (χ0n) is 19.7. The molecule has 2 aliphatic rings. The van der Waals surface area contributed by atoms with E-state index in [0.29, 0.717) is 12.6 Å². The van der Waals surface area contributed by atoms with E-state index in [1.807, 2.05) is 24.3 Å². The number of nitrogens with zero attached hydrogens (tertiary/aromatic N) is 1. The largest absolute Gasteiger partial charge is 0.494 e. The summed E-state index contributed by atoms with van der Waals surface area (Å²) >= 11 is 0. The van der Waals surface area contributed by atoms with Gasteiger partial charge >= 0.3 is 0 Å². The Morgan fingerprint density at radius 3 is 2.48 bits per heavy atom. The van der Waals surface area contributed by atoms with Crippen molar-refractivity contribution in [1.82, 2.24) is 4.90 Å². The Morgan fingerprint density at radius 2 is 1.81 bits per heavy atom. The molecule has 1 heterocycles. The van der Waals surface area contributed by atoms with Gasteiger partial charge in [0.05, 0.1) is 6.61 Å². The normalized spacial score (nSPS) is 21.9. The molecule has 1 saturated carbocycles. The second-order valence-electron chi connectivity index (χ2n) is 9.32. The fraction of sp³-hybridized carbons (Fsp3) is 0.731. The molecule has 1 unspecified atom stereocenters. The van der Waals surface area contributed by atoms with Gasteiger partial charge in [-0.2, -0.15) is 0 Å². The first-order chi connectivity index (χ1) is 15.1. The maximum absolute atomic E-state index is 13.1. The van der Waals surface area contributed by atoms with E-state index in [2.05, 4.69) is 24.1 Å². The number of amides is 1. The van der Waals surface area contributed by atoms with Crippen molar-refractivity contribution in [1.29, 1.82) is 0 Å². The summed E-state index contributed by atoms with van der Waals surface area (Å²) in [5, 5.41) is 3.11. The van der Waals surface area contributed by atoms with Gasteiger partial charge in [-0.05, 0) is 76.3 Å². The first kappa shape index (κ1) is 24.1. The molecule has 1 saturated heterocycles. The summed E-state index contributed by atoms with van der Waals surface area (Å²) in [7, 11) is 0. The van der Waals surface area contributed by atoms with Crippen molar-refractivity contribution in [2.75, 3.05) is 31.6 Å². The van der Waals surface area contributed by atoms with E-state index in [-0.39, 0.29) is 5.91 Å². The number of carbonyl (C=O) groups is 1. The molecule has 1 N–H and O–H groups in total. The molecule has 0 radical (unpaired) electrons. The molecule has 1 aliphatic heterocycles. The fourth-order valence-corrected chi connectivity index (χ4v) is 4.86. The molecule has 0 aromatic heterocycles. The Balaban J connectivity index is 1.46. The summed E-state index contributed by atoms with van der Waals surface area (Å²) in [5.74, 6) is 0.864. The fourth-order valence-electron chi connectivity index (χ4n) is 4.86. The molecular formula is C26H42N2O3. The average Bonchev–Trinajstić information content (AvgIpc) is 3.04. The third kappa shape index (κ3) is 7.21. The van der Waals surface area contributed by atoms with E-state index in [1.54, 1.807) is 0 Å². The number of carbonyl (C=O) groups excluding carboxylic acids is 1. The van der Waals surface area contributed by atoms with Gasteiger partial charge in [-0.1, -0.05) is 39.0 Å². The van der Waals surface area contributed by atoms with Crippen LogP contribution in [0.2, 0.25) is 0 Å². The van der Waals surface area contributed by atoms with E-state index >= 15 is 0 Å². The monoisotopic (exact) mass is 430 g/mol. The van der Waals surface area contributed by atoms with Crippen LogP contribution in [-0.2, 0) is 9.53 Å². The van der Waals surface area contributed by atoms with Crippen molar-refractivity contribution in [3.05, 3.63) is 24.3 Å². The summed E-state index contributed by atoms with van der Waals surface area (Å²) < 4.78 is 12.1. The van der Waals surface area contributed by atoms with Gasteiger partial charge < -0.3 is 19.7 Å². The number of rotatable bonds is 10. The van der Waals surface area contributed by atoms with Gasteiger partial charge in [0.1, 0.15) is 11.4 Å². The molecule has 5 heteroatoms. The smallest absolute Gasteiger partial charge is 0.256 e. The zero-order valence-corrected chi connectivity index (χ0v) is 19.7. The molecule has 2 fully saturated rings. The summed E-state index contributed by atoms with van der Waals surface area (Å²) in [6.07, 6.45) is 12.1. The number of anilines is 1. The maximum Gasteiger partial charge on any atom is 0.256 e. The van der Waals surface area contributed by atoms with Gasteiger partial charge in [0.15, 0.2) is 0 Å². The minimum atomic E-state index is -0.673. The van der Waals surface area contributed by atoms with Crippen LogP contribution in [0.15, 0.2) is 24.3 Å². The predicted octanol–water partition coefficient (Wildman–Crippen LogP) is 5.79. The highest BCUT2D eigenvalue weighted by molar-refractivity contribution is 5.97. The van der Waals surface area contributed by atoms with Crippen LogP contribution in [0.3, 0.4) is 0 Å². The Kier molecular flexibility index (Phi) is 9.66. The molecular weight excluding hydrogens is 388 g/mol. The summed E-state index contributed by atoms with van der Waals surface area (Å²) in [5.41, 5.74) is 0.135. The molecule has 3 rings (SSSR count). The van der Waals surface area contributed by atoms with Crippen molar-refractivity contribution in [3.63, 3.8) is 0 Å². The van der Waals surface area contributed by atoms with Crippen molar-refractivity contribution >= 4 is 11.6 Å². The van der Waals surface area contributed by atoms with Crippen LogP contribution < -0.4 is 10.1 Å². The van der Waals surface area contributed by atoms with Crippen LogP contribution >= 0.6 is 0 Å². The molecule has 0 spiro atoms. The van der Waals surface area contributed by atoms with Crippen molar-refractivity contribution in [3.8, 4) is 5.75 Å². The number of piperidine rings is 1. The predicted molar refractivity (Wildman–Crippen MR) is 127 cm³/mol. The maximum atomic E-state index is 13.1. The lowest BCUT2D eigenvalue weighted by molar-refractivity contribution is -0.143. The zero-order chi connectivity index (χ0) is 21.9. The van der Waals surface area contributed by atoms with Gasteiger partial charge in [-0.15, -0.1) is 0 Å². The lowest BCUT2D eigenvalue weighted by Crippen LogP contribution is -2.45. The SMILES string of the molecule is CCCOC1(C(=O)Nc2ccc(OCCCN3CCCCC3C)cc2)CCCCCC1. The molecule has 1 aliphatic carbocycles. The standard InChI is InChI=1S/C26H42N2O3/c1-3-20-31-26(16-7-4-5-8-17-26)25(29)27-23-12-14-24(15-13-23)30-21-10-19-28-18-9-6-11-22(28)2/h12-15,22H,3-11,16-21H2,1-2H3,(H,27,29). The van der Waals surface area contributed by atoms with Gasteiger partial charge in [-0.25, -0.2) is 0 Å². The molecule has 5 nitrogen and oxygen atoms in total. The number of nitrogens with one attached hydrogen (secondary N) is 1. The van der Waals surface area contributed by atoms with Crippen LogP contribution in [0.5, 0.6) is 5.75 Å². The van der Waals surface area contributed by atoms with Crippen LogP contribution in [0.25, 0.3) is 0 Å². The molecule has 174 valence electrons. The minimum Gasteiger partial charge on any atom is -0.494 e. The van der Waals surface area contributed by atoms with E-state index in [1.165, 1.54) is 38.6 Å². The van der Waals surface area contributed by atoms with E-state index < -0.39 is 5.60 Å². The Hall–Kier alpha value is -1.59. The number of benzene rings is 1. The second kappa shape index (κ2) is 12.4. The number of hydrogen-bond acceptors (Lipinski definition) is 4. The highest BCUT2D eigenvalue weighted by Crippen LogP contribution is 2.32. The van der Waals surface area contributed by atoms with Crippen LogP contribution in [0.1, 0.15) is 84.5 Å². The average molecular weight is 431 g/mol. The van der Waals surface area contributed by atoms with Gasteiger partial charge in [0.2, 0.25) is 0 Å². The number of hydrogen-bond donors (Lipinski definition) is 1. The minimum absolute atomic E-state index is 0.00664. The van der Waals surface area contributed by atoms with E-state index in [4.69, 9.17) is 9.47 Å². The molecule has 1 atom stereocenters. The lowest BCUT2D eigenvalue weighted by atomic mass is 9.92. The van der Waals surface area contributed by atoms with Crippen LogP contribution in [-0.4, -0.2) is 48.8 Å². The van der Waals surface area contributed by atoms with Crippen molar-refractivity contribution in [2.24, 2.45) is 0 Å². The van der Waals surface area contributed by atoms with Crippen LogP contribution in [0, 0.1) is 0 Å². The highest BCUT2D eigenvalue weighted by Gasteiger charge is 2.39. The van der Waals surface area contributed by atoms with Gasteiger partial charge in [-0.3, -0.25) is 4.79 Å². The molecule has 31 heavy (non-hydrogen) atoms. The number of ether oxygens (including phenoxy) is 2. The Labute approximate surface area is 188 Å². The van der Waals surface area contributed by atoms with Gasteiger partial charge in [0.25, 0.3) is 5.91 Å². The molecule has 1 amide bonds. The number of likely N-dealkylation sites (tertiary alicyclic amines) is 1. The first-order valence-electron chi connectivity index (χ1n) is 12.6. The quantitative estimate of drug-likeness (QED) is 0.377. The Bertz CT molecular complexity index is 653. The second-order valence-corrected chi connectivity index (χ2v) is 9.32. The van der Waals surface area contributed by atoms with Crippen molar-refractivity contribution in [2.45, 2.75) is 96.1 Å². The summed E-state index contributed by atoms with van der Waals surface area (Å²) in [6.45, 7) is 8.11. The Morgan fingerprint density at radius 1 is 1.06 bits per heavy atom. The van der Waals surface area contributed by atoms with Gasteiger partial charge in [0, 0.05) is 24.9 Å². The third-order valence-corrected chi connectivity index (χ3v) is 6.82. The summed E-state index contributed by atoms with van der Waals surface area (Å²) in [4.78, 5) is 15.7. The molecule has 0 bridgehead atoms. The van der Waals surface area contributed by atoms with E-state index in [0.717, 1.165) is 63.1 Å².